The van der Waals surface area contributed by atoms with E-state index in [1.54, 1.807) is 11.3 Å². The van der Waals surface area contributed by atoms with Crippen LogP contribution in [0.5, 0.6) is 0 Å². The second-order valence-corrected chi connectivity index (χ2v) is 7.01. The highest BCUT2D eigenvalue weighted by Crippen LogP contribution is 2.32. The number of amides is 1. The Labute approximate surface area is 150 Å². The molecule has 0 bridgehead atoms. The van der Waals surface area contributed by atoms with Crippen LogP contribution in [0.25, 0.3) is 9.88 Å². The van der Waals surface area contributed by atoms with Gasteiger partial charge in [0.1, 0.15) is 9.88 Å². The molecule has 1 saturated heterocycles. The molecule has 8 heteroatoms. The predicted molar refractivity (Wildman–Crippen MR) is 97.8 cm³/mol. The van der Waals surface area contributed by atoms with Crippen molar-refractivity contribution in [3.05, 3.63) is 28.1 Å². The second-order valence-electron chi connectivity index (χ2n) is 5.06. The molecule has 1 amide bonds. The highest BCUT2D eigenvalue weighted by molar-refractivity contribution is 7.22. The highest BCUT2D eigenvalue weighted by Gasteiger charge is 2.25. The van der Waals surface area contributed by atoms with E-state index in [2.05, 4.69) is 4.98 Å². The molecule has 2 N–H and O–H groups in total. The number of likely N-dealkylation sites (tertiary alicyclic amines) is 1. The summed E-state index contributed by atoms with van der Waals surface area (Å²) >= 11 is 3.14. The van der Waals surface area contributed by atoms with Gasteiger partial charge < -0.3 is 10.6 Å². The number of thiazole rings is 1. The third-order valence-corrected chi connectivity index (χ3v) is 5.65. The van der Waals surface area contributed by atoms with Crippen molar-refractivity contribution in [3.63, 3.8) is 0 Å². The first-order valence-corrected chi connectivity index (χ1v) is 8.41. The molecule has 0 aromatic carbocycles. The molecule has 0 saturated carbocycles. The molecule has 1 unspecified atom stereocenters. The number of piperidine rings is 1. The summed E-state index contributed by atoms with van der Waals surface area (Å²) in [6.07, 6.45) is 1.99. The average Bonchev–Trinajstić information content (AvgIpc) is 3.07. The first-order valence-electron chi connectivity index (χ1n) is 6.71. The highest BCUT2D eigenvalue weighted by atomic mass is 35.5. The molecular weight excluding hydrogens is 361 g/mol. The van der Waals surface area contributed by atoms with E-state index in [0.717, 1.165) is 39.8 Å². The number of rotatable bonds is 2. The SMILES string of the molecule is Cc1nc(-c2cccs2)sc1C(=O)N1CCCC(N)C1.Cl.Cl. The second kappa shape index (κ2) is 8.26. The van der Waals surface area contributed by atoms with Gasteiger partial charge in [-0.3, -0.25) is 4.79 Å². The third kappa shape index (κ3) is 4.00. The summed E-state index contributed by atoms with van der Waals surface area (Å²) in [5.74, 6) is 0.0814. The van der Waals surface area contributed by atoms with E-state index in [0.29, 0.717) is 6.54 Å². The lowest BCUT2D eigenvalue weighted by atomic mass is 10.1. The minimum atomic E-state index is 0. The number of nitrogens with two attached hydrogens (primary N) is 1. The normalized spacial score (nSPS) is 17.5. The molecule has 1 aliphatic heterocycles. The molecule has 3 rings (SSSR count). The van der Waals surface area contributed by atoms with Crippen LogP contribution < -0.4 is 5.73 Å². The van der Waals surface area contributed by atoms with Crippen molar-refractivity contribution in [1.29, 1.82) is 0 Å². The topological polar surface area (TPSA) is 59.2 Å². The van der Waals surface area contributed by atoms with Crippen molar-refractivity contribution in [2.24, 2.45) is 5.73 Å². The molecule has 22 heavy (non-hydrogen) atoms. The Kier molecular flexibility index (Phi) is 7.28. The lowest BCUT2D eigenvalue weighted by Gasteiger charge is -2.30. The monoisotopic (exact) mass is 379 g/mol. The lowest BCUT2D eigenvalue weighted by molar-refractivity contribution is 0.0713. The number of carbonyl (C=O) groups excluding carboxylic acids is 1. The first kappa shape index (κ1) is 19.4. The molecule has 2 aromatic heterocycles. The van der Waals surface area contributed by atoms with Gasteiger partial charge in [-0.1, -0.05) is 6.07 Å². The molecule has 0 aliphatic carbocycles. The van der Waals surface area contributed by atoms with E-state index in [1.807, 2.05) is 29.3 Å². The zero-order chi connectivity index (χ0) is 14.1. The number of carbonyl (C=O) groups is 1. The maximum absolute atomic E-state index is 12.6. The van der Waals surface area contributed by atoms with Crippen LogP contribution in [0.2, 0.25) is 0 Å². The van der Waals surface area contributed by atoms with E-state index in [4.69, 9.17) is 5.73 Å². The summed E-state index contributed by atoms with van der Waals surface area (Å²) in [5, 5.41) is 2.96. The van der Waals surface area contributed by atoms with Gasteiger partial charge in [0.25, 0.3) is 5.91 Å². The number of aromatic nitrogens is 1. The van der Waals surface area contributed by atoms with Crippen LogP contribution in [-0.4, -0.2) is 34.9 Å². The van der Waals surface area contributed by atoms with Gasteiger partial charge in [0, 0.05) is 19.1 Å². The summed E-state index contributed by atoms with van der Waals surface area (Å²) < 4.78 is 0. The van der Waals surface area contributed by atoms with E-state index in [-0.39, 0.29) is 36.8 Å². The summed E-state index contributed by atoms with van der Waals surface area (Å²) in [4.78, 5) is 20.9. The molecule has 1 aliphatic rings. The maximum atomic E-state index is 12.6. The van der Waals surface area contributed by atoms with Gasteiger partial charge in [-0.2, -0.15) is 0 Å². The van der Waals surface area contributed by atoms with Gasteiger partial charge in [-0.15, -0.1) is 47.5 Å². The van der Waals surface area contributed by atoms with Crippen LogP contribution in [0.3, 0.4) is 0 Å². The molecule has 0 radical (unpaired) electrons. The van der Waals surface area contributed by atoms with Crippen molar-refractivity contribution in [2.75, 3.05) is 13.1 Å². The van der Waals surface area contributed by atoms with Crippen LogP contribution in [0, 0.1) is 6.92 Å². The lowest BCUT2D eigenvalue weighted by Crippen LogP contribution is -2.45. The maximum Gasteiger partial charge on any atom is 0.265 e. The Balaban J connectivity index is 0.00000121. The van der Waals surface area contributed by atoms with Crippen LogP contribution in [-0.2, 0) is 0 Å². The summed E-state index contributed by atoms with van der Waals surface area (Å²) in [6, 6.07) is 4.15. The fourth-order valence-corrected chi connectivity index (χ4v) is 4.27. The van der Waals surface area contributed by atoms with E-state index < -0.39 is 0 Å². The van der Waals surface area contributed by atoms with Gasteiger partial charge in [0.15, 0.2) is 0 Å². The van der Waals surface area contributed by atoms with E-state index >= 15 is 0 Å². The van der Waals surface area contributed by atoms with Gasteiger partial charge in [-0.25, -0.2) is 4.98 Å². The van der Waals surface area contributed by atoms with Crippen LogP contribution >= 0.6 is 47.5 Å². The number of hydrogen-bond acceptors (Lipinski definition) is 5. The number of nitrogens with zero attached hydrogens (tertiary/aromatic N) is 2. The zero-order valence-electron chi connectivity index (χ0n) is 12.2. The number of aryl methyl sites for hydroxylation is 1. The van der Waals surface area contributed by atoms with Gasteiger partial charge in [-0.05, 0) is 31.2 Å². The minimum Gasteiger partial charge on any atom is -0.336 e. The third-order valence-electron chi connectivity index (χ3n) is 3.47. The predicted octanol–water partition coefficient (Wildman–Crippen LogP) is 3.59. The summed E-state index contributed by atoms with van der Waals surface area (Å²) in [7, 11) is 0. The molecule has 4 nitrogen and oxygen atoms in total. The van der Waals surface area contributed by atoms with Crippen LogP contribution in [0.15, 0.2) is 17.5 Å². The number of hydrogen-bond donors (Lipinski definition) is 1. The molecule has 122 valence electrons. The Morgan fingerprint density at radius 3 is 2.86 bits per heavy atom. The Morgan fingerprint density at radius 2 is 2.23 bits per heavy atom. The Hall–Kier alpha value is -0.660. The Bertz CT molecular complexity index is 616. The van der Waals surface area contributed by atoms with Crippen LogP contribution in [0.4, 0.5) is 0 Å². The minimum absolute atomic E-state index is 0. The van der Waals surface area contributed by atoms with Gasteiger partial charge >= 0.3 is 0 Å². The van der Waals surface area contributed by atoms with Crippen molar-refractivity contribution < 1.29 is 4.79 Å². The smallest absolute Gasteiger partial charge is 0.265 e. The molecule has 1 atom stereocenters. The van der Waals surface area contributed by atoms with Crippen molar-refractivity contribution in [3.8, 4) is 9.88 Å². The largest absolute Gasteiger partial charge is 0.336 e. The fourth-order valence-electron chi connectivity index (χ4n) is 2.44. The standard InChI is InChI=1S/C14H17N3OS2.2ClH/c1-9-12(14(18)17-6-2-4-10(15)8-17)20-13(16-9)11-5-3-7-19-11;;/h3,5,7,10H,2,4,6,8,15H2,1H3;2*1H. The molecular formula is C14H19Cl2N3OS2. The molecule has 3 heterocycles. The molecule has 2 aromatic rings. The van der Waals surface area contributed by atoms with Gasteiger partial charge in [0.2, 0.25) is 0 Å². The van der Waals surface area contributed by atoms with E-state index in [1.165, 1.54) is 11.3 Å². The van der Waals surface area contributed by atoms with Gasteiger partial charge in [0.05, 0.1) is 10.6 Å². The summed E-state index contributed by atoms with van der Waals surface area (Å²) in [5.41, 5.74) is 6.78. The van der Waals surface area contributed by atoms with Crippen LogP contribution in [0.1, 0.15) is 28.2 Å². The molecule has 1 fully saturated rings. The van der Waals surface area contributed by atoms with Crippen molar-refractivity contribution in [2.45, 2.75) is 25.8 Å². The Morgan fingerprint density at radius 1 is 1.45 bits per heavy atom. The fraction of sp³-hybridized carbons (Fsp3) is 0.429. The number of thiophene rings is 1. The van der Waals surface area contributed by atoms with Crippen molar-refractivity contribution in [1.82, 2.24) is 9.88 Å². The zero-order valence-corrected chi connectivity index (χ0v) is 15.4. The average molecular weight is 380 g/mol. The first-order chi connectivity index (χ1) is 9.65. The molecule has 0 spiro atoms. The quantitative estimate of drug-likeness (QED) is 0.866. The summed E-state index contributed by atoms with van der Waals surface area (Å²) in [6.45, 7) is 3.37. The van der Waals surface area contributed by atoms with Crippen molar-refractivity contribution >= 4 is 53.4 Å². The number of halogens is 2. The van der Waals surface area contributed by atoms with E-state index in [9.17, 15) is 4.79 Å².